The fraction of sp³-hybridized carbons (Fsp3) is 0.650. The van der Waals surface area contributed by atoms with Crippen LogP contribution in [0.25, 0.3) is 10.3 Å². The fourth-order valence-electron chi connectivity index (χ4n) is 3.32. The number of thiazole rings is 1. The summed E-state index contributed by atoms with van der Waals surface area (Å²) in [6, 6.07) is 3.93. The van der Waals surface area contributed by atoms with Crippen LogP contribution in [0.1, 0.15) is 40.5 Å². The lowest BCUT2D eigenvalue weighted by atomic mass is 9.83. The molecule has 1 N–H and O–H groups in total. The minimum Gasteiger partial charge on any atom is -0.477 e. The average molecular weight is 407 g/mol. The first-order valence-corrected chi connectivity index (χ1v) is 10.8. The second-order valence-electron chi connectivity index (χ2n) is 7.35. The third-order valence-electron chi connectivity index (χ3n) is 4.94. The van der Waals surface area contributed by atoms with Gasteiger partial charge in [-0.2, -0.15) is 0 Å². The first-order chi connectivity index (χ1) is 13.5. The number of aromatic nitrogens is 2. The van der Waals surface area contributed by atoms with E-state index in [4.69, 9.17) is 9.47 Å². The first kappa shape index (κ1) is 20.8. The number of hydrogen-bond donors (Lipinski definition) is 1. The van der Waals surface area contributed by atoms with Crippen molar-refractivity contribution in [3.63, 3.8) is 0 Å². The van der Waals surface area contributed by atoms with Gasteiger partial charge in [-0.15, -0.1) is 0 Å². The minimum atomic E-state index is -0.0226. The van der Waals surface area contributed by atoms with Crippen LogP contribution in [0, 0.1) is 5.92 Å². The number of carbonyl (C=O) groups excluding carboxylic acids is 1. The molecule has 28 heavy (non-hydrogen) atoms. The van der Waals surface area contributed by atoms with Crippen LogP contribution in [-0.4, -0.2) is 54.3 Å². The molecule has 0 aliphatic heterocycles. The molecule has 3 rings (SSSR count). The smallest absolute Gasteiger partial charge is 0.217 e. The number of amides is 1. The summed E-state index contributed by atoms with van der Waals surface area (Å²) in [5.74, 6) is 1.13. The Balaban J connectivity index is 1.43. The van der Waals surface area contributed by atoms with Crippen molar-refractivity contribution in [2.45, 2.75) is 52.7 Å². The van der Waals surface area contributed by atoms with E-state index in [1.54, 1.807) is 11.3 Å². The second kappa shape index (κ2) is 9.52. The van der Waals surface area contributed by atoms with Crippen LogP contribution >= 0.6 is 11.3 Å². The van der Waals surface area contributed by atoms with Gasteiger partial charge in [-0.1, -0.05) is 11.3 Å². The quantitative estimate of drug-likeness (QED) is 0.653. The number of ether oxygens (including phenoxy) is 2. The molecule has 7 nitrogen and oxygen atoms in total. The summed E-state index contributed by atoms with van der Waals surface area (Å²) in [7, 11) is 0. The van der Waals surface area contributed by atoms with E-state index in [2.05, 4.69) is 34.0 Å². The number of pyridine rings is 1. The van der Waals surface area contributed by atoms with Crippen LogP contribution in [0.15, 0.2) is 12.1 Å². The molecule has 1 amide bonds. The summed E-state index contributed by atoms with van der Waals surface area (Å²) >= 11 is 1.61. The SMILES string of the molecule is CCN(CC)c1nc2ccc(OC[C@H]3C[C@H](OC[C@H](C)NC(C)=O)C3)nc2s1. The second-order valence-corrected chi connectivity index (χ2v) is 8.30. The van der Waals surface area contributed by atoms with Crippen molar-refractivity contribution in [1.82, 2.24) is 15.3 Å². The van der Waals surface area contributed by atoms with Gasteiger partial charge in [-0.3, -0.25) is 4.79 Å². The Kier molecular flexibility index (Phi) is 7.07. The van der Waals surface area contributed by atoms with Gasteiger partial charge >= 0.3 is 0 Å². The maximum atomic E-state index is 11.0. The maximum absolute atomic E-state index is 11.0. The van der Waals surface area contributed by atoms with Crippen LogP contribution in [0.5, 0.6) is 5.88 Å². The fourth-order valence-corrected chi connectivity index (χ4v) is 4.38. The van der Waals surface area contributed by atoms with Crippen LogP contribution in [-0.2, 0) is 9.53 Å². The summed E-state index contributed by atoms with van der Waals surface area (Å²) in [4.78, 5) is 23.4. The molecule has 2 aromatic heterocycles. The molecule has 8 heteroatoms. The molecule has 1 aliphatic rings. The zero-order valence-corrected chi connectivity index (χ0v) is 17.9. The predicted octanol–water partition coefficient (Wildman–Crippen LogP) is 3.24. The van der Waals surface area contributed by atoms with E-state index in [0.29, 0.717) is 25.0 Å². The van der Waals surface area contributed by atoms with Crippen molar-refractivity contribution in [2.75, 3.05) is 31.2 Å². The topological polar surface area (TPSA) is 76.6 Å². The zero-order valence-electron chi connectivity index (χ0n) is 17.1. The highest BCUT2D eigenvalue weighted by atomic mass is 32.1. The molecule has 154 valence electrons. The Morgan fingerprint density at radius 3 is 2.75 bits per heavy atom. The Bertz CT molecular complexity index is 787. The maximum Gasteiger partial charge on any atom is 0.217 e. The van der Waals surface area contributed by atoms with E-state index in [-0.39, 0.29) is 18.1 Å². The highest BCUT2D eigenvalue weighted by Crippen LogP contribution is 2.32. The third kappa shape index (κ3) is 5.32. The van der Waals surface area contributed by atoms with E-state index >= 15 is 0 Å². The largest absolute Gasteiger partial charge is 0.477 e. The number of fused-ring (bicyclic) bond motifs is 1. The van der Waals surface area contributed by atoms with Gasteiger partial charge in [0.1, 0.15) is 10.3 Å². The Hall–Kier alpha value is -1.93. The summed E-state index contributed by atoms with van der Waals surface area (Å²) < 4.78 is 11.7. The van der Waals surface area contributed by atoms with Crippen molar-refractivity contribution in [3.8, 4) is 5.88 Å². The summed E-state index contributed by atoms with van der Waals surface area (Å²) in [5, 5.41) is 3.84. The van der Waals surface area contributed by atoms with Crippen LogP contribution < -0.4 is 15.0 Å². The molecule has 0 radical (unpaired) electrons. The molecule has 1 aliphatic carbocycles. The molecule has 0 saturated heterocycles. The predicted molar refractivity (Wildman–Crippen MR) is 112 cm³/mol. The van der Waals surface area contributed by atoms with Gasteiger partial charge in [0.2, 0.25) is 11.8 Å². The van der Waals surface area contributed by atoms with Crippen LogP contribution in [0.2, 0.25) is 0 Å². The lowest BCUT2D eigenvalue weighted by molar-refractivity contribution is -0.120. The number of hydrogen-bond acceptors (Lipinski definition) is 7. The van der Waals surface area contributed by atoms with Gasteiger partial charge in [-0.25, -0.2) is 9.97 Å². The number of nitrogens with one attached hydrogen (secondary N) is 1. The van der Waals surface area contributed by atoms with E-state index in [1.807, 2.05) is 19.1 Å². The van der Waals surface area contributed by atoms with Crippen molar-refractivity contribution >= 4 is 32.7 Å². The molecule has 1 saturated carbocycles. The summed E-state index contributed by atoms with van der Waals surface area (Å²) in [5.41, 5.74) is 0.921. The monoisotopic (exact) mass is 406 g/mol. The number of carbonyl (C=O) groups is 1. The van der Waals surface area contributed by atoms with Crippen LogP contribution in [0.3, 0.4) is 0 Å². The lowest BCUT2D eigenvalue weighted by Crippen LogP contribution is -2.40. The average Bonchev–Trinajstić information content (AvgIpc) is 3.03. The highest BCUT2D eigenvalue weighted by Gasteiger charge is 2.30. The van der Waals surface area contributed by atoms with Gasteiger partial charge in [0.25, 0.3) is 0 Å². The molecule has 0 bridgehead atoms. The van der Waals surface area contributed by atoms with Gasteiger partial charge in [-0.05, 0) is 45.6 Å². The zero-order chi connectivity index (χ0) is 20.1. The Morgan fingerprint density at radius 2 is 2.07 bits per heavy atom. The molecule has 1 fully saturated rings. The Labute approximate surface area is 170 Å². The highest BCUT2D eigenvalue weighted by molar-refractivity contribution is 7.21. The molecule has 2 aromatic rings. The lowest BCUT2D eigenvalue weighted by Gasteiger charge is -2.35. The molecule has 0 aromatic carbocycles. The van der Waals surface area contributed by atoms with Crippen molar-refractivity contribution < 1.29 is 14.3 Å². The van der Waals surface area contributed by atoms with E-state index in [1.165, 1.54) is 6.92 Å². The van der Waals surface area contributed by atoms with E-state index in [9.17, 15) is 4.79 Å². The molecule has 0 unspecified atom stereocenters. The van der Waals surface area contributed by atoms with Gasteiger partial charge < -0.3 is 19.7 Å². The molecule has 2 heterocycles. The molecular formula is C20H30N4O3S. The van der Waals surface area contributed by atoms with E-state index < -0.39 is 0 Å². The third-order valence-corrected chi connectivity index (χ3v) is 5.97. The van der Waals surface area contributed by atoms with Gasteiger partial charge in [0.05, 0.1) is 19.3 Å². The summed E-state index contributed by atoms with van der Waals surface area (Å²) in [6.07, 6.45) is 2.24. The normalized spacial score (nSPS) is 19.9. The van der Waals surface area contributed by atoms with Gasteiger partial charge in [0, 0.05) is 32.1 Å². The molecular weight excluding hydrogens is 376 g/mol. The minimum absolute atomic E-state index is 0.0226. The molecule has 0 spiro atoms. The van der Waals surface area contributed by atoms with Crippen molar-refractivity contribution in [3.05, 3.63) is 12.1 Å². The van der Waals surface area contributed by atoms with Gasteiger partial charge in [0.15, 0.2) is 5.13 Å². The standard InChI is InChI=1S/C20H30N4O3S/c1-5-24(6-2)20-22-17-7-8-18(23-19(17)28-20)27-12-15-9-16(10-15)26-11-13(3)21-14(4)25/h7-8,13,15-16H,5-6,9-12H2,1-4H3,(H,21,25)/t13-,15-,16-/m0/s1. The number of anilines is 1. The van der Waals surface area contributed by atoms with Crippen molar-refractivity contribution in [2.24, 2.45) is 5.92 Å². The first-order valence-electron chi connectivity index (χ1n) is 10.0. The van der Waals surface area contributed by atoms with Crippen molar-refractivity contribution in [1.29, 1.82) is 0 Å². The van der Waals surface area contributed by atoms with E-state index in [0.717, 1.165) is 41.4 Å². The Morgan fingerprint density at radius 1 is 1.32 bits per heavy atom. The van der Waals surface area contributed by atoms with Crippen LogP contribution in [0.4, 0.5) is 5.13 Å². The summed E-state index contributed by atoms with van der Waals surface area (Å²) in [6.45, 7) is 10.8. The number of nitrogens with zero attached hydrogens (tertiary/aromatic N) is 3. The number of rotatable bonds is 10. The molecule has 1 atom stereocenters.